The normalized spacial score (nSPS) is 19.8. The second-order valence-corrected chi connectivity index (χ2v) is 8.94. The van der Waals surface area contributed by atoms with Crippen LogP contribution in [0, 0.1) is 16.0 Å². The SMILES string of the molecule is O=[N+]([O-])c1ccc(-c2csc(=NC3CCCCC3)n2N=CC2CCCCC2)cc1. The van der Waals surface area contributed by atoms with Gasteiger partial charge in [0.1, 0.15) is 0 Å². The van der Waals surface area contributed by atoms with E-state index in [9.17, 15) is 10.1 Å². The largest absolute Gasteiger partial charge is 0.269 e. The third kappa shape index (κ3) is 5.01. The van der Waals surface area contributed by atoms with Crippen molar-refractivity contribution in [3.05, 3.63) is 44.6 Å². The molecule has 0 atom stereocenters. The van der Waals surface area contributed by atoms with Gasteiger partial charge in [-0.2, -0.15) is 5.10 Å². The molecule has 0 N–H and O–H groups in total. The summed E-state index contributed by atoms with van der Waals surface area (Å²) in [5, 5.41) is 17.9. The number of rotatable bonds is 5. The van der Waals surface area contributed by atoms with E-state index in [1.54, 1.807) is 35.6 Å². The first-order valence-electron chi connectivity index (χ1n) is 10.7. The number of hydrogen-bond donors (Lipinski definition) is 0. The molecular formula is C22H28N4O2S. The smallest absolute Gasteiger partial charge is 0.258 e. The van der Waals surface area contributed by atoms with Gasteiger partial charge in [0.2, 0.25) is 4.80 Å². The van der Waals surface area contributed by atoms with Gasteiger partial charge in [-0.05, 0) is 43.7 Å². The Labute approximate surface area is 175 Å². The van der Waals surface area contributed by atoms with Crippen molar-refractivity contribution in [3.63, 3.8) is 0 Å². The summed E-state index contributed by atoms with van der Waals surface area (Å²) in [6.07, 6.45) is 14.5. The highest BCUT2D eigenvalue weighted by molar-refractivity contribution is 7.07. The van der Waals surface area contributed by atoms with Crippen LogP contribution >= 0.6 is 11.3 Å². The summed E-state index contributed by atoms with van der Waals surface area (Å²) in [4.78, 5) is 16.6. The van der Waals surface area contributed by atoms with E-state index < -0.39 is 0 Å². The molecule has 2 saturated carbocycles. The average molecular weight is 413 g/mol. The van der Waals surface area contributed by atoms with Crippen LogP contribution in [0.15, 0.2) is 39.7 Å². The Balaban J connectivity index is 1.69. The molecule has 0 amide bonds. The summed E-state index contributed by atoms with van der Waals surface area (Å²) < 4.78 is 1.95. The van der Waals surface area contributed by atoms with Crippen LogP contribution in [-0.2, 0) is 0 Å². The first-order valence-corrected chi connectivity index (χ1v) is 11.6. The molecule has 2 aliphatic rings. The molecular weight excluding hydrogens is 384 g/mol. The summed E-state index contributed by atoms with van der Waals surface area (Å²) in [6.45, 7) is 0. The Morgan fingerprint density at radius 2 is 1.66 bits per heavy atom. The molecule has 29 heavy (non-hydrogen) atoms. The fraction of sp³-hybridized carbons (Fsp3) is 0.545. The summed E-state index contributed by atoms with van der Waals surface area (Å²) in [5.41, 5.74) is 1.98. The van der Waals surface area contributed by atoms with E-state index in [4.69, 9.17) is 10.1 Å². The first kappa shape index (κ1) is 20.0. The molecule has 7 heteroatoms. The van der Waals surface area contributed by atoms with Crippen LogP contribution in [0.2, 0.25) is 0 Å². The minimum Gasteiger partial charge on any atom is -0.258 e. The van der Waals surface area contributed by atoms with Crippen molar-refractivity contribution < 1.29 is 4.92 Å². The zero-order valence-electron chi connectivity index (χ0n) is 16.7. The van der Waals surface area contributed by atoms with E-state index >= 15 is 0 Å². The molecule has 0 bridgehead atoms. The summed E-state index contributed by atoms with van der Waals surface area (Å²) in [5.74, 6) is 0.531. The molecule has 0 unspecified atom stereocenters. The van der Waals surface area contributed by atoms with Gasteiger partial charge < -0.3 is 0 Å². The highest BCUT2D eigenvalue weighted by Gasteiger charge is 2.16. The number of nitro groups is 1. The molecule has 6 nitrogen and oxygen atoms in total. The van der Waals surface area contributed by atoms with Crippen molar-refractivity contribution in [2.45, 2.75) is 70.3 Å². The van der Waals surface area contributed by atoms with Gasteiger partial charge in [-0.1, -0.05) is 38.5 Å². The fourth-order valence-corrected chi connectivity index (χ4v) is 5.17. The first-order chi connectivity index (χ1) is 14.2. The molecule has 4 rings (SSSR count). The van der Waals surface area contributed by atoms with Crippen molar-refractivity contribution in [1.29, 1.82) is 0 Å². The Kier molecular flexibility index (Phi) is 6.54. The van der Waals surface area contributed by atoms with Crippen LogP contribution in [0.4, 0.5) is 5.69 Å². The molecule has 0 radical (unpaired) electrons. The zero-order valence-corrected chi connectivity index (χ0v) is 17.5. The lowest BCUT2D eigenvalue weighted by Gasteiger charge is -2.18. The van der Waals surface area contributed by atoms with Crippen LogP contribution in [0.25, 0.3) is 11.3 Å². The molecule has 0 aliphatic heterocycles. The van der Waals surface area contributed by atoms with Gasteiger partial charge in [-0.25, -0.2) is 4.68 Å². The number of nitro benzene ring substituents is 1. The standard InChI is InChI=1S/C22H28N4O2S/c27-26(28)20-13-11-18(12-14-20)21-16-29-22(24-19-9-5-2-6-10-19)25(21)23-15-17-7-3-1-4-8-17/h11-17,19H,1-10H2. The Morgan fingerprint density at radius 3 is 2.31 bits per heavy atom. The van der Waals surface area contributed by atoms with Crippen molar-refractivity contribution in [1.82, 2.24) is 4.68 Å². The molecule has 2 aliphatic carbocycles. The summed E-state index contributed by atoms with van der Waals surface area (Å²) in [6, 6.07) is 7.09. The van der Waals surface area contributed by atoms with Crippen LogP contribution in [0.3, 0.4) is 0 Å². The van der Waals surface area contributed by atoms with Crippen molar-refractivity contribution in [2.24, 2.45) is 16.0 Å². The van der Waals surface area contributed by atoms with E-state index in [-0.39, 0.29) is 10.6 Å². The maximum Gasteiger partial charge on any atom is 0.269 e. The maximum absolute atomic E-state index is 11.0. The van der Waals surface area contributed by atoms with Gasteiger partial charge in [0.25, 0.3) is 5.69 Å². The molecule has 0 spiro atoms. The van der Waals surface area contributed by atoms with E-state index in [2.05, 4.69) is 11.6 Å². The highest BCUT2D eigenvalue weighted by atomic mass is 32.1. The number of nitrogens with zero attached hydrogens (tertiary/aromatic N) is 4. The minimum atomic E-state index is -0.365. The molecule has 154 valence electrons. The Morgan fingerprint density at radius 1 is 1.00 bits per heavy atom. The lowest BCUT2D eigenvalue weighted by molar-refractivity contribution is -0.384. The number of non-ortho nitro benzene ring substituents is 1. The Bertz CT molecular complexity index is 917. The monoisotopic (exact) mass is 412 g/mol. The van der Waals surface area contributed by atoms with E-state index in [0.717, 1.165) is 28.9 Å². The molecule has 1 aromatic heterocycles. The van der Waals surface area contributed by atoms with Crippen molar-refractivity contribution in [3.8, 4) is 11.3 Å². The van der Waals surface area contributed by atoms with Crippen LogP contribution in [0.5, 0.6) is 0 Å². The number of thiazole rings is 1. The average Bonchev–Trinajstić information content (AvgIpc) is 3.16. The third-order valence-corrected chi connectivity index (χ3v) is 6.80. The molecule has 1 heterocycles. The third-order valence-electron chi connectivity index (χ3n) is 5.97. The van der Waals surface area contributed by atoms with Gasteiger partial charge in [-0.15, -0.1) is 11.3 Å². The number of benzene rings is 1. The predicted octanol–water partition coefficient (Wildman–Crippen LogP) is 5.77. The minimum absolute atomic E-state index is 0.105. The number of aromatic nitrogens is 1. The van der Waals surface area contributed by atoms with Crippen molar-refractivity contribution in [2.75, 3.05) is 0 Å². The van der Waals surface area contributed by atoms with E-state index in [1.807, 2.05) is 4.68 Å². The van der Waals surface area contributed by atoms with Gasteiger partial charge >= 0.3 is 0 Å². The maximum atomic E-state index is 11.0. The molecule has 1 aromatic carbocycles. The Hall–Kier alpha value is -2.28. The van der Waals surface area contributed by atoms with Gasteiger partial charge in [-0.3, -0.25) is 15.1 Å². The topological polar surface area (TPSA) is 72.8 Å². The zero-order chi connectivity index (χ0) is 20.1. The second-order valence-electron chi connectivity index (χ2n) is 8.10. The van der Waals surface area contributed by atoms with Crippen molar-refractivity contribution >= 4 is 23.2 Å². The van der Waals surface area contributed by atoms with E-state index in [1.165, 1.54) is 51.4 Å². The second kappa shape index (κ2) is 9.48. The summed E-state index contributed by atoms with van der Waals surface area (Å²) in [7, 11) is 0. The highest BCUT2D eigenvalue weighted by Crippen LogP contribution is 2.25. The predicted molar refractivity (Wildman–Crippen MR) is 117 cm³/mol. The van der Waals surface area contributed by atoms with Gasteiger partial charge in [0.15, 0.2) is 0 Å². The molecule has 2 fully saturated rings. The fourth-order valence-electron chi connectivity index (χ4n) is 4.26. The van der Waals surface area contributed by atoms with Crippen LogP contribution in [0.1, 0.15) is 64.2 Å². The lowest BCUT2D eigenvalue weighted by atomic mass is 9.90. The van der Waals surface area contributed by atoms with E-state index in [0.29, 0.717) is 12.0 Å². The van der Waals surface area contributed by atoms with Crippen LogP contribution in [-0.4, -0.2) is 21.9 Å². The van der Waals surface area contributed by atoms with Gasteiger partial charge in [0, 0.05) is 29.3 Å². The quantitative estimate of drug-likeness (QED) is 0.355. The van der Waals surface area contributed by atoms with Crippen LogP contribution < -0.4 is 4.80 Å². The van der Waals surface area contributed by atoms with Gasteiger partial charge in [0.05, 0.1) is 16.7 Å². The summed E-state index contributed by atoms with van der Waals surface area (Å²) >= 11 is 1.61. The number of hydrogen-bond acceptors (Lipinski definition) is 5. The molecule has 2 aromatic rings. The molecule has 0 saturated heterocycles. The lowest BCUT2D eigenvalue weighted by Crippen LogP contribution is -2.19.